The molecule has 5 nitrogen and oxygen atoms in total. The second kappa shape index (κ2) is 7.75. The van der Waals surface area contributed by atoms with Crippen molar-refractivity contribution in [1.82, 2.24) is 4.31 Å². The number of carbonyl (C=O) groups excluding carboxylic acids is 1. The Morgan fingerprint density at radius 2 is 1.92 bits per heavy atom. The Morgan fingerprint density at radius 1 is 1.20 bits per heavy atom. The van der Waals surface area contributed by atoms with Crippen molar-refractivity contribution in [3.63, 3.8) is 0 Å². The fourth-order valence-corrected chi connectivity index (χ4v) is 6.30. The largest absolute Gasteiger partial charge is 0.325 e. The number of thiophene rings is 1. The highest BCUT2D eigenvalue weighted by Gasteiger charge is 2.38. The van der Waals surface area contributed by atoms with E-state index in [4.69, 9.17) is 11.6 Å². The van der Waals surface area contributed by atoms with Gasteiger partial charge in [-0.25, -0.2) is 8.42 Å². The summed E-state index contributed by atoms with van der Waals surface area (Å²) in [6.45, 7) is 0.330. The molecule has 1 aliphatic rings. The van der Waals surface area contributed by atoms with Gasteiger partial charge in [0.25, 0.3) is 10.0 Å². The van der Waals surface area contributed by atoms with Crippen LogP contribution in [0.15, 0.2) is 45.1 Å². The minimum absolute atomic E-state index is 0.167. The molecule has 1 aromatic heterocycles. The van der Waals surface area contributed by atoms with Crippen LogP contribution >= 0.6 is 38.9 Å². The summed E-state index contributed by atoms with van der Waals surface area (Å²) in [7, 11) is -3.74. The van der Waals surface area contributed by atoms with Crippen LogP contribution in [0.4, 0.5) is 5.69 Å². The van der Waals surface area contributed by atoms with E-state index in [0.717, 1.165) is 28.7 Å². The Labute approximate surface area is 164 Å². The third-order valence-electron chi connectivity index (χ3n) is 3.98. The first-order valence-electron chi connectivity index (χ1n) is 7.71. The van der Waals surface area contributed by atoms with Crippen molar-refractivity contribution in [1.29, 1.82) is 0 Å². The lowest BCUT2D eigenvalue weighted by Gasteiger charge is -2.33. The predicted molar refractivity (Wildman–Crippen MR) is 104 cm³/mol. The quantitative estimate of drug-likeness (QED) is 0.733. The fourth-order valence-electron chi connectivity index (χ4n) is 2.77. The van der Waals surface area contributed by atoms with Gasteiger partial charge in [-0.3, -0.25) is 4.79 Å². The number of carbonyl (C=O) groups is 1. The lowest BCUT2D eigenvalue weighted by molar-refractivity contribution is -0.120. The van der Waals surface area contributed by atoms with Crippen molar-refractivity contribution in [2.75, 3.05) is 11.9 Å². The molecular weight excluding hydrogens is 448 g/mol. The molecule has 0 saturated carbocycles. The molecule has 1 saturated heterocycles. The first kappa shape index (κ1) is 18.8. The molecule has 1 amide bonds. The van der Waals surface area contributed by atoms with Crippen LogP contribution in [0.5, 0.6) is 0 Å². The minimum Gasteiger partial charge on any atom is -0.325 e. The Kier molecular flexibility index (Phi) is 5.85. The van der Waals surface area contributed by atoms with E-state index in [1.807, 2.05) is 12.1 Å². The van der Waals surface area contributed by atoms with Crippen LogP contribution in [-0.2, 0) is 14.8 Å². The highest BCUT2D eigenvalue weighted by atomic mass is 79.9. The molecule has 2 heterocycles. The molecule has 1 N–H and O–H groups in total. The monoisotopic (exact) mass is 462 g/mol. The molecule has 2 aromatic rings. The van der Waals surface area contributed by atoms with Crippen molar-refractivity contribution in [2.24, 2.45) is 0 Å². The van der Waals surface area contributed by atoms with E-state index in [0.29, 0.717) is 23.0 Å². The molecule has 1 fully saturated rings. The van der Waals surface area contributed by atoms with Gasteiger partial charge in [-0.15, -0.1) is 11.3 Å². The third-order valence-corrected chi connectivity index (χ3v) is 8.12. The van der Waals surface area contributed by atoms with Crippen LogP contribution in [0.3, 0.4) is 0 Å². The highest BCUT2D eigenvalue weighted by Crippen LogP contribution is 2.32. The number of nitrogens with one attached hydrogen (secondary N) is 1. The van der Waals surface area contributed by atoms with Gasteiger partial charge in [0.15, 0.2) is 0 Å². The van der Waals surface area contributed by atoms with Crippen molar-refractivity contribution < 1.29 is 13.2 Å². The maximum atomic E-state index is 12.9. The number of piperidine rings is 1. The van der Waals surface area contributed by atoms with Gasteiger partial charge < -0.3 is 5.32 Å². The van der Waals surface area contributed by atoms with E-state index in [9.17, 15) is 13.2 Å². The highest BCUT2D eigenvalue weighted by molar-refractivity contribution is 9.10. The van der Waals surface area contributed by atoms with Gasteiger partial charge in [0.2, 0.25) is 5.91 Å². The van der Waals surface area contributed by atoms with Crippen LogP contribution in [0.25, 0.3) is 0 Å². The smallest absolute Gasteiger partial charge is 0.253 e. The number of rotatable bonds is 4. The summed E-state index contributed by atoms with van der Waals surface area (Å²) < 4.78 is 28.6. The van der Waals surface area contributed by atoms with E-state index in [1.165, 1.54) is 10.4 Å². The van der Waals surface area contributed by atoms with Crippen LogP contribution in [0, 0.1) is 0 Å². The van der Waals surface area contributed by atoms with Crippen LogP contribution in [0.1, 0.15) is 19.3 Å². The van der Waals surface area contributed by atoms with Gasteiger partial charge in [0, 0.05) is 16.7 Å². The second-order valence-electron chi connectivity index (χ2n) is 5.68. The number of benzene rings is 1. The molecule has 1 aromatic carbocycles. The number of hydrogen-bond acceptors (Lipinski definition) is 4. The summed E-state index contributed by atoms with van der Waals surface area (Å²) in [5.74, 6) is -0.312. The van der Waals surface area contributed by atoms with Gasteiger partial charge >= 0.3 is 0 Å². The zero-order chi connectivity index (χ0) is 18.0. The number of anilines is 1. The molecule has 0 unspecified atom stereocenters. The van der Waals surface area contributed by atoms with Crippen LogP contribution in [0.2, 0.25) is 4.34 Å². The number of amides is 1. The lowest BCUT2D eigenvalue weighted by atomic mass is 10.0. The zero-order valence-corrected chi connectivity index (χ0v) is 17.1. The van der Waals surface area contributed by atoms with Crippen LogP contribution < -0.4 is 5.32 Å². The molecule has 0 aliphatic carbocycles. The summed E-state index contributed by atoms with van der Waals surface area (Å²) in [4.78, 5) is 12.7. The summed E-state index contributed by atoms with van der Waals surface area (Å²) in [5.41, 5.74) is 0.635. The Morgan fingerprint density at radius 3 is 2.56 bits per heavy atom. The fraction of sp³-hybridized carbons (Fsp3) is 0.312. The van der Waals surface area contributed by atoms with E-state index in [-0.39, 0.29) is 10.1 Å². The minimum atomic E-state index is -3.74. The van der Waals surface area contributed by atoms with E-state index in [1.54, 1.807) is 18.2 Å². The SMILES string of the molecule is O=C(Nc1ccc(Br)cc1)[C@@H]1CCCCN1S(=O)(=O)c1ccc(Cl)s1. The van der Waals surface area contributed by atoms with E-state index < -0.39 is 16.1 Å². The predicted octanol–water partition coefficient (Wildman–Crippen LogP) is 4.35. The zero-order valence-electron chi connectivity index (χ0n) is 13.1. The Hall–Kier alpha value is -0.930. The van der Waals surface area contributed by atoms with Gasteiger partial charge in [0.05, 0.1) is 4.34 Å². The van der Waals surface area contributed by atoms with Gasteiger partial charge in [-0.2, -0.15) is 4.31 Å². The Bertz CT molecular complexity index is 868. The number of nitrogens with zero attached hydrogens (tertiary/aromatic N) is 1. The normalized spacial score (nSPS) is 18.9. The third kappa shape index (κ3) is 4.25. The summed E-state index contributed by atoms with van der Waals surface area (Å²) in [6, 6.07) is 9.49. The van der Waals surface area contributed by atoms with Crippen LogP contribution in [-0.4, -0.2) is 31.2 Å². The first-order valence-corrected chi connectivity index (χ1v) is 11.1. The van der Waals surface area contributed by atoms with Crippen molar-refractivity contribution in [3.8, 4) is 0 Å². The molecular formula is C16H16BrClN2O3S2. The molecule has 25 heavy (non-hydrogen) atoms. The average Bonchev–Trinajstić information content (AvgIpc) is 3.04. The van der Waals surface area contributed by atoms with Crippen molar-refractivity contribution in [2.45, 2.75) is 29.5 Å². The molecule has 3 rings (SSSR count). The number of hydrogen-bond donors (Lipinski definition) is 1. The molecule has 0 spiro atoms. The van der Waals surface area contributed by atoms with Gasteiger partial charge in [-0.1, -0.05) is 34.0 Å². The molecule has 0 radical (unpaired) electrons. The molecule has 1 atom stereocenters. The summed E-state index contributed by atoms with van der Waals surface area (Å²) >= 11 is 10.2. The molecule has 1 aliphatic heterocycles. The Balaban J connectivity index is 1.83. The van der Waals surface area contributed by atoms with Crippen molar-refractivity contribution >= 4 is 60.5 Å². The molecule has 9 heteroatoms. The van der Waals surface area contributed by atoms with Gasteiger partial charge in [-0.05, 0) is 49.2 Å². The summed E-state index contributed by atoms with van der Waals surface area (Å²) in [5, 5.41) is 2.81. The first-order chi connectivity index (χ1) is 11.9. The molecule has 134 valence electrons. The standard InChI is InChI=1S/C16H16BrClN2O3S2/c17-11-4-6-12(7-5-11)19-16(21)13-3-1-2-10-20(13)25(22,23)15-9-8-14(18)24-15/h4-9,13H,1-3,10H2,(H,19,21)/t13-/m0/s1. The average molecular weight is 464 g/mol. The number of halogens is 2. The van der Waals surface area contributed by atoms with Crippen molar-refractivity contribution in [3.05, 3.63) is 45.2 Å². The molecule has 0 bridgehead atoms. The number of sulfonamides is 1. The maximum Gasteiger partial charge on any atom is 0.253 e. The summed E-state index contributed by atoms with van der Waals surface area (Å²) in [6.07, 6.45) is 2.05. The topological polar surface area (TPSA) is 66.5 Å². The van der Waals surface area contributed by atoms with E-state index >= 15 is 0 Å². The van der Waals surface area contributed by atoms with Gasteiger partial charge in [0.1, 0.15) is 10.3 Å². The lowest BCUT2D eigenvalue weighted by Crippen LogP contribution is -2.49. The maximum absolute atomic E-state index is 12.9. The van der Waals surface area contributed by atoms with E-state index in [2.05, 4.69) is 21.2 Å². The second-order valence-corrected chi connectivity index (χ2v) is 10.4.